The normalized spacial score (nSPS) is 22.8. The zero-order valence-electron chi connectivity index (χ0n) is 27.7. The third-order valence-corrected chi connectivity index (χ3v) is 10.5. The zero-order valence-corrected chi connectivity index (χ0v) is 27.7. The van der Waals surface area contributed by atoms with Gasteiger partial charge in [0.25, 0.3) is 5.91 Å². The number of piperidine rings is 1. The molecule has 3 heterocycles. The van der Waals surface area contributed by atoms with E-state index in [0.29, 0.717) is 49.4 Å². The van der Waals surface area contributed by atoms with Gasteiger partial charge >= 0.3 is 6.09 Å². The lowest BCUT2D eigenvalue weighted by Crippen LogP contribution is -2.55. The number of likely N-dealkylation sites (tertiary alicyclic amines) is 1. The summed E-state index contributed by atoms with van der Waals surface area (Å²) in [7, 11) is 0. The van der Waals surface area contributed by atoms with Crippen molar-refractivity contribution in [1.29, 1.82) is 0 Å². The minimum absolute atomic E-state index is 0.0115. The van der Waals surface area contributed by atoms with Gasteiger partial charge in [-0.2, -0.15) is 0 Å². The Balaban J connectivity index is 1.21. The highest BCUT2D eigenvalue weighted by molar-refractivity contribution is 5.96. The molecule has 2 aromatic carbocycles. The monoisotopic (exact) mass is 629 g/mol. The molecule has 9 heteroatoms. The Morgan fingerprint density at radius 2 is 1.74 bits per heavy atom. The minimum atomic E-state index is -0.971. The first-order chi connectivity index (χ1) is 21.7. The van der Waals surface area contributed by atoms with Crippen LogP contribution in [0.1, 0.15) is 92.9 Å². The van der Waals surface area contributed by atoms with Crippen LogP contribution in [-0.2, 0) is 27.9 Å². The van der Waals surface area contributed by atoms with Crippen LogP contribution in [0, 0.1) is 5.41 Å². The van der Waals surface area contributed by atoms with Gasteiger partial charge in [-0.1, -0.05) is 44.2 Å². The Kier molecular flexibility index (Phi) is 8.33. The van der Waals surface area contributed by atoms with Crippen molar-refractivity contribution in [2.24, 2.45) is 5.41 Å². The van der Waals surface area contributed by atoms with Crippen LogP contribution in [0.2, 0.25) is 0 Å². The number of carbonyl (C=O) groups excluding carboxylic acids is 3. The molecule has 2 N–H and O–H groups in total. The minimum Gasteiger partial charge on any atom is -0.444 e. The molecular weight excluding hydrogens is 582 g/mol. The lowest BCUT2D eigenvalue weighted by Gasteiger charge is -2.50. The summed E-state index contributed by atoms with van der Waals surface area (Å²) in [5.74, 6) is 2.12. The van der Waals surface area contributed by atoms with E-state index >= 15 is 0 Å². The van der Waals surface area contributed by atoms with Gasteiger partial charge < -0.3 is 24.7 Å². The van der Waals surface area contributed by atoms with E-state index in [-0.39, 0.29) is 24.0 Å². The molecule has 246 valence electrons. The summed E-state index contributed by atoms with van der Waals surface area (Å²) >= 11 is 0. The fraction of sp³-hybridized carbons (Fsp3) is 0.568. The van der Waals surface area contributed by atoms with E-state index in [1.54, 1.807) is 11.0 Å². The fourth-order valence-corrected chi connectivity index (χ4v) is 8.00. The predicted octanol–water partition coefficient (Wildman–Crippen LogP) is 4.55. The third kappa shape index (κ3) is 6.20. The van der Waals surface area contributed by atoms with Gasteiger partial charge in [-0.3, -0.25) is 9.69 Å². The molecule has 1 saturated carbocycles. The highest BCUT2D eigenvalue weighted by atomic mass is 16.6. The van der Waals surface area contributed by atoms with Crippen molar-refractivity contribution in [1.82, 2.24) is 14.7 Å². The predicted molar refractivity (Wildman–Crippen MR) is 175 cm³/mol. The van der Waals surface area contributed by atoms with E-state index in [9.17, 15) is 24.6 Å². The van der Waals surface area contributed by atoms with Gasteiger partial charge in [0.1, 0.15) is 11.3 Å². The number of β-amino-alcohol motifs (C(OH)–C–C–N with tert-alkyl or cyclic N) is 1. The number of aliphatic hydroxyl groups is 2. The molecule has 3 aliphatic heterocycles. The molecule has 1 spiro atoms. The van der Waals surface area contributed by atoms with Crippen LogP contribution in [0.5, 0.6) is 0 Å². The first-order valence-corrected chi connectivity index (χ1v) is 16.6. The van der Waals surface area contributed by atoms with E-state index < -0.39 is 29.3 Å². The zero-order chi connectivity index (χ0) is 33.0. The molecule has 1 aliphatic carbocycles. The van der Waals surface area contributed by atoms with Crippen molar-refractivity contribution in [3.63, 3.8) is 0 Å². The van der Waals surface area contributed by atoms with Crippen LogP contribution in [0.25, 0.3) is 5.70 Å². The summed E-state index contributed by atoms with van der Waals surface area (Å²) < 4.78 is 5.74. The maximum atomic E-state index is 13.6. The van der Waals surface area contributed by atoms with Crippen LogP contribution in [0.15, 0.2) is 42.5 Å². The van der Waals surface area contributed by atoms with Crippen molar-refractivity contribution in [3.8, 4) is 0 Å². The standard InChI is InChI=1S/C37H47N3O6/c1-35(2,3)46-34(45)40-20-26-9-7-6-8-24(26)17-30(40)32(43)21-39-23-36(4,5)29-16-25(10-11-28(29)31(39)22-41)33(44)38-14-12-37(13-15-38)18-27(42)19-37/h6-11,16,27,30,32,42-43H,12-15,17-21,23H2,1-5H3. The number of benzene rings is 2. The molecule has 2 aromatic rings. The molecule has 4 aliphatic rings. The molecule has 6 rings (SSSR count). The largest absolute Gasteiger partial charge is 0.444 e. The van der Waals surface area contributed by atoms with Crippen LogP contribution in [-0.4, -0.2) is 92.9 Å². The number of nitrogens with zero attached hydrogens (tertiary/aromatic N) is 3. The van der Waals surface area contributed by atoms with Gasteiger partial charge in [0, 0.05) is 49.3 Å². The molecule has 2 unspecified atom stereocenters. The van der Waals surface area contributed by atoms with E-state index in [2.05, 4.69) is 19.8 Å². The molecule has 2 fully saturated rings. The average Bonchev–Trinajstić information content (AvgIpc) is 2.98. The summed E-state index contributed by atoms with van der Waals surface area (Å²) in [4.78, 5) is 44.8. The second-order valence-corrected chi connectivity index (χ2v) is 15.5. The third-order valence-electron chi connectivity index (χ3n) is 10.5. The highest BCUT2D eigenvalue weighted by Gasteiger charge is 2.46. The fourth-order valence-electron chi connectivity index (χ4n) is 8.00. The van der Waals surface area contributed by atoms with Crippen LogP contribution in [0.3, 0.4) is 0 Å². The average molecular weight is 630 g/mol. The highest BCUT2D eigenvalue weighted by Crippen LogP contribution is 2.49. The first kappa shape index (κ1) is 32.3. The van der Waals surface area contributed by atoms with Crippen molar-refractivity contribution in [2.75, 3.05) is 26.2 Å². The van der Waals surface area contributed by atoms with E-state index in [4.69, 9.17) is 4.74 Å². The molecule has 0 radical (unpaired) electrons. The summed E-state index contributed by atoms with van der Waals surface area (Å²) in [5.41, 5.74) is 3.71. The number of carbonyl (C=O) groups is 2. The van der Waals surface area contributed by atoms with Gasteiger partial charge in [-0.15, -0.1) is 0 Å². The Labute approximate surface area is 271 Å². The molecule has 0 bridgehead atoms. The number of amides is 2. The van der Waals surface area contributed by atoms with Crippen molar-refractivity contribution in [2.45, 2.75) is 103 Å². The lowest BCUT2D eigenvalue weighted by molar-refractivity contribution is -0.0637. The number of hydrogen-bond donors (Lipinski definition) is 2. The topological polar surface area (TPSA) is 111 Å². The number of rotatable bonds is 4. The summed E-state index contributed by atoms with van der Waals surface area (Å²) in [6, 6.07) is 12.9. The molecule has 2 atom stereocenters. The molecule has 0 aromatic heterocycles. The number of fused-ring (bicyclic) bond motifs is 2. The lowest BCUT2D eigenvalue weighted by atomic mass is 9.61. The number of ether oxygens (including phenoxy) is 1. The first-order valence-electron chi connectivity index (χ1n) is 16.6. The maximum Gasteiger partial charge on any atom is 0.410 e. The smallest absolute Gasteiger partial charge is 0.410 e. The van der Waals surface area contributed by atoms with E-state index in [1.807, 2.05) is 67.0 Å². The molecule has 46 heavy (non-hydrogen) atoms. The van der Waals surface area contributed by atoms with Gasteiger partial charge in [-0.25, -0.2) is 9.59 Å². The van der Waals surface area contributed by atoms with Crippen LogP contribution >= 0.6 is 0 Å². The molecule has 2 amide bonds. The van der Waals surface area contributed by atoms with Gasteiger partial charge in [0.15, 0.2) is 5.94 Å². The summed E-state index contributed by atoms with van der Waals surface area (Å²) in [5, 5.41) is 21.6. The van der Waals surface area contributed by atoms with Gasteiger partial charge in [0.2, 0.25) is 0 Å². The van der Waals surface area contributed by atoms with Gasteiger partial charge in [0.05, 0.1) is 18.2 Å². The Bertz CT molecular complexity index is 1550. The summed E-state index contributed by atoms with van der Waals surface area (Å²) in [6.07, 6.45) is 2.32. The quantitative estimate of drug-likeness (QED) is 0.478. The van der Waals surface area contributed by atoms with Crippen molar-refractivity contribution in [3.05, 3.63) is 70.3 Å². The Morgan fingerprint density at radius 1 is 1.07 bits per heavy atom. The second kappa shape index (κ2) is 11.9. The number of aliphatic hydroxyl groups excluding tert-OH is 2. The van der Waals surface area contributed by atoms with Crippen LogP contribution < -0.4 is 0 Å². The SMILES string of the molecule is CC(C)(C)OC(=O)N1Cc2ccccc2CC1C(O)CN1CC(C)(C)c2cc(C(=O)N3CCC4(CC3)CC(O)C4)ccc2C1=C=O. The molecular formula is C37H47N3O6. The molecule has 9 nitrogen and oxygen atoms in total. The second-order valence-electron chi connectivity index (χ2n) is 15.5. The maximum absolute atomic E-state index is 13.6. The number of hydrogen-bond acceptors (Lipinski definition) is 7. The van der Waals surface area contributed by atoms with Crippen LogP contribution in [0.4, 0.5) is 4.79 Å². The van der Waals surface area contributed by atoms with Crippen molar-refractivity contribution >= 4 is 23.6 Å². The van der Waals surface area contributed by atoms with Gasteiger partial charge in [-0.05, 0) is 87.1 Å². The molecule has 1 saturated heterocycles. The van der Waals surface area contributed by atoms with E-state index in [1.165, 1.54) is 0 Å². The van der Waals surface area contributed by atoms with Crippen molar-refractivity contribution < 1.29 is 29.3 Å². The Morgan fingerprint density at radius 3 is 2.37 bits per heavy atom. The Hall–Kier alpha value is -3.65. The van der Waals surface area contributed by atoms with E-state index in [0.717, 1.165) is 42.4 Å². The summed E-state index contributed by atoms with van der Waals surface area (Å²) in [6.45, 7) is 11.9.